The van der Waals surface area contributed by atoms with Crippen LogP contribution in [0.1, 0.15) is 21.5 Å². The fourth-order valence-corrected chi connectivity index (χ4v) is 2.00. The van der Waals surface area contributed by atoms with Gasteiger partial charge in [-0.15, -0.1) is 0 Å². The molecule has 25 heavy (non-hydrogen) atoms. The van der Waals surface area contributed by atoms with Crippen molar-refractivity contribution in [2.45, 2.75) is 6.04 Å². The molecular weight excluding hydrogens is 320 g/mol. The molecule has 0 spiro atoms. The monoisotopic (exact) mass is 338 g/mol. The predicted octanol–water partition coefficient (Wildman–Crippen LogP) is 0.321. The van der Waals surface area contributed by atoms with Gasteiger partial charge in [-0.05, 0) is 48.5 Å². The molecule has 0 aliphatic heterocycles. The highest BCUT2D eigenvalue weighted by Gasteiger charge is 2.19. The molecule has 2 aromatic carbocycles. The Kier molecular flexibility index (Phi) is 6.29. The number of nitrogens with two attached hydrogens (primary N) is 1. The first-order valence-electron chi connectivity index (χ1n) is 7.56. The standard InChI is InChI=1S/C19H18N2O4/c20-16-9-5-14(6-10-16)2-1-13-3-7-15(8-4-13)19(25)21-17(11-22)18(24)12-23/h3-10,17,22-23H,11-12,20H2,(H,21,25)/t17-/m0/s1. The van der Waals surface area contributed by atoms with Crippen molar-refractivity contribution in [3.8, 4) is 11.8 Å². The van der Waals surface area contributed by atoms with Gasteiger partial charge >= 0.3 is 0 Å². The molecule has 0 saturated carbocycles. The maximum absolute atomic E-state index is 12.1. The lowest BCUT2D eigenvalue weighted by atomic mass is 10.1. The number of carbonyl (C=O) groups excluding carboxylic acids is 2. The zero-order chi connectivity index (χ0) is 18.2. The Morgan fingerprint density at radius 1 is 0.960 bits per heavy atom. The molecule has 0 aromatic heterocycles. The highest BCUT2D eigenvalue weighted by atomic mass is 16.3. The van der Waals surface area contributed by atoms with Crippen LogP contribution >= 0.6 is 0 Å². The number of Topliss-reactive ketones (excluding diaryl/α,β-unsaturated/α-hetero) is 1. The number of rotatable bonds is 5. The minimum absolute atomic E-state index is 0.322. The maximum Gasteiger partial charge on any atom is 0.251 e. The van der Waals surface area contributed by atoms with Crippen molar-refractivity contribution in [2.75, 3.05) is 18.9 Å². The summed E-state index contributed by atoms with van der Waals surface area (Å²) in [6.45, 7) is -1.32. The van der Waals surface area contributed by atoms with Crippen molar-refractivity contribution in [2.24, 2.45) is 0 Å². The van der Waals surface area contributed by atoms with Gasteiger partial charge in [-0.25, -0.2) is 0 Å². The van der Waals surface area contributed by atoms with E-state index >= 15 is 0 Å². The first-order valence-corrected chi connectivity index (χ1v) is 7.56. The lowest BCUT2D eigenvalue weighted by molar-refractivity contribution is -0.124. The minimum atomic E-state index is -1.12. The molecule has 2 aromatic rings. The van der Waals surface area contributed by atoms with Crippen LogP contribution in [0.25, 0.3) is 0 Å². The van der Waals surface area contributed by atoms with Gasteiger partial charge in [-0.2, -0.15) is 0 Å². The molecule has 2 rings (SSSR count). The summed E-state index contributed by atoms with van der Waals surface area (Å²) < 4.78 is 0. The average molecular weight is 338 g/mol. The van der Waals surface area contributed by atoms with Crippen molar-refractivity contribution in [3.05, 3.63) is 65.2 Å². The fourth-order valence-electron chi connectivity index (χ4n) is 2.00. The van der Waals surface area contributed by atoms with E-state index in [4.69, 9.17) is 15.9 Å². The third kappa shape index (κ3) is 5.18. The SMILES string of the molecule is Nc1ccc(C#Cc2ccc(C(=O)N[C@@H](CO)C(=O)CO)cc2)cc1. The quantitative estimate of drug-likeness (QED) is 0.463. The molecule has 0 heterocycles. The molecule has 0 bridgehead atoms. The summed E-state index contributed by atoms with van der Waals surface area (Å²) in [5.41, 5.74) is 8.15. The zero-order valence-electron chi connectivity index (χ0n) is 13.4. The molecule has 6 heteroatoms. The first kappa shape index (κ1) is 18.2. The predicted molar refractivity (Wildman–Crippen MR) is 93.7 cm³/mol. The number of carbonyl (C=O) groups is 2. The van der Waals surface area contributed by atoms with Gasteiger partial charge in [-0.3, -0.25) is 9.59 Å². The molecule has 0 aliphatic carbocycles. The molecule has 1 atom stereocenters. The smallest absolute Gasteiger partial charge is 0.251 e. The van der Waals surface area contributed by atoms with Gasteiger partial charge in [0.1, 0.15) is 12.6 Å². The summed E-state index contributed by atoms with van der Waals surface area (Å²) in [5, 5.41) is 20.3. The number of nitrogen functional groups attached to an aromatic ring is 1. The van der Waals surface area contributed by atoms with Gasteiger partial charge < -0.3 is 21.3 Å². The zero-order valence-corrected chi connectivity index (χ0v) is 13.4. The van der Waals surface area contributed by atoms with E-state index in [1.807, 2.05) is 12.1 Å². The molecular formula is C19H18N2O4. The fraction of sp³-hybridized carbons (Fsp3) is 0.158. The minimum Gasteiger partial charge on any atom is -0.399 e. The summed E-state index contributed by atoms with van der Waals surface area (Å²) >= 11 is 0. The van der Waals surface area contributed by atoms with E-state index < -0.39 is 30.9 Å². The molecule has 1 amide bonds. The van der Waals surface area contributed by atoms with E-state index in [0.717, 1.165) is 11.1 Å². The summed E-state index contributed by atoms with van der Waals surface area (Å²) in [6.07, 6.45) is 0. The topological polar surface area (TPSA) is 113 Å². The van der Waals surface area contributed by atoms with Crippen molar-refractivity contribution in [3.63, 3.8) is 0 Å². The maximum atomic E-state index is 12.1. The molecule has 0 fully saturated rings. The van der Waals surface area contributed by atoms with Gasteiger partial charge in [0.25, 0.3) is 5.91 Å². The van der Waals surface area contributed by atoms with Gasteiger partial charge in [0, 0.05) is 22.4 Å². The van der Waals surface area contributed by atoms with Gasteiger partial charge in [0.2, 0.25) is 0 Å². The lowest BCUT2D eigenvalue weighted by Crippen LogP contribution is -2.44. The number of ketones is 1. The summed E-state index contributed by atoms with van der Waals surface area (Å²) in [4.78, 5) is 23.4. The van der Waals surface area contributed by atoms with Crippen molar-refractivity contribution < 1.29 is 19.8 Å². The Morgan fingerprint density at radius 3 is 1.96 bits per heavy atom. The van der Waals surface area contributed by atoms with E-state index in [2.05, 4.69) is 17.2 Å². The van der Waals surface area contributed by atoms with Crippen LogP contribution in [0.15, 0.2) is 48.5 Å². The number of hydrogen-bond acceptors (Lipinski definition) is 5. The Morgan fingerprint density at radius 2 is 1.48 bits per heavy atom. The molecule has 0 unspecified atom stereocenters. The van der Waals surface area contributed by atoms with Crippen molar-refractivity contribution in [1.82, 2.24) is 5.32 Å². The van der Waals surface area contributed by atoms with Crippen molar-refractivity contribution >= 4 is 17.4 Å². The van der Waals surface area contributed by atoms with Crippen LogP contribution in [0, 0.1) is 11.8 Å². The Labute approximate surface area is 145 Å². The van der Waals surface area contributed by atoms with Crippen LogP contribution in [-0.2, 0) is 4.79 Å². The first-order chi connectivity index (χ1) is 12.0. The van der Waals surface area contributed by atoms with Crippen LogP contribution < -0.4 is 11.1 Å². The van der Waals surface area contributed by atoms with Crippen LogP contribution in [0.5, 0.6) is 0 Å². The second kappa shape index (κ2) is 8.64. The van der Waals surface area contributed by atoms with Gasteiger partial charge in [-0.1, -0.05) is 11.8 Å². The highest BCUT2D eigenvalue weighted by Crippen LogP contribution is 2.06. The van der Waals surface area contributed by atoms with E-state index in [-0.39, 0.29) is 0 Å². The van der Waals surface area contributed by atoms with Gasteiger partial charge in [0.05, 0.1) is 6.61 Å². The Bertz CT molecular complexity index is 802. The molecule has 6 nitrogen and oxygen atoms in total. The molecule has 5 N–H and O–H groups in total. The van der Waals surface area contributed by atoms with Crippen LogP contribution in [0.2, 0.25) is 0 Å². The summed E-state index contributed by atoms with van der Waals surface area (Å²) in [5.74, 6) is 4.80. The number of aliphatic hydroxyl groups excluding tert-OH is 2. The van der Waals surface area contributed by atoms with Crippen LogP contribution in [0.3, 0.4) is 0 Å². The number of benzene rings is 2. The number of nitrogens with one attached hydrogen (secondary N) is 1. The normalized spacial score (nSPS) is 11.1. The van der Waals surface area contributed by atoms with E-state index in [1.54, 1.807) is 36.4 Å². The Balaban J connectivity index is 2.05. The molecule has 128 valence electrons. The Hall–Kier alpha value is -3.14. The number of hydrogen-bond donors (Lipinski definition) is 4. The van der Waals surface area contributed by atoms with E-state index in [1.165, 1.54) is 0 Å². The van der Waals surface area contributed by atoms with Crippen LogP contribution in [-0.4, -0.2) is 41.2 Å². The molecule has 0 radical (unpaired) electrons. The molecule has 0 saturated heterocycles. The largest absolute Gasteiger partial charge is 0.399 e. The number of aliphatic hydroxyl groups is 2. The van der Waals surface area contributed by atoms with Crippen molar-refractivity contribution in [1.29, 1.82) is 0 Å². The van der Waals surface area contributed by atoms with Gasteiger partial charge in [0.15, 0.2) is 5.78 Å². The number of anilines is 1. The summed E-state index contributed by atoms with van der Waals surface area (Å²) in [7, 11) is 0. The average Bonchev–Trinajstić information content (AvgIpc) is 2.65. The third-order valence-corrected chi connectivity index (χ3v) is 3.44. The lowest BCUT2D eigenvalue weighted by Gasteiger charge is -2.13. The highest BCUT2D eigenvalue weighted by molar-refractivity contribution is 5.98. The van der Waals surface area contributed by atoms with E-state index in [0.29, 0.717) is 11.3 Å². The summed E-state index contributed by atoms with van der Waals surface area (Å²) in [6, 6.07) is 12.5. The van der Waals surface area contributed by atoms with Crippen LogP contribution in [0.4, 0.5) is 5.69 Å². The van der Waals surface area contributed by atoms with E-state index in [9.17, 15) is 9.59 Å². The second-order valence-electron chi connectivity index (χ2n) is 5.28. The third-order valence-electron chi connectivity index (χ3n) is 3.44. The number of amides is 1. The second-order valence-corrected chi connectivity index (χ2v) is 5.28. The molecule has 0 aliphatic rings.